The van der Waals surface area contributed by atoms with Gasteiger partial charge >= 0.3 is 5.97 Å². The molecule has 0 bridgehead atoms. The van der Waals surface area contributed by atoms with Crippen molar-refractivity contribution in [2.75, 3.05) is 0 Å². The zero-order chi connectivity index (χ0) is 14.6. The van der Waals surface area contributed by atoms with E-state index < -0.39 is 11.5 Å². The summed E-state index contributed by atoms with van der Waals surface area (Å²) in [6.45, 7) is 1.72. The van der Waals surface area contributed by atoms with Gasteiger partial charge in [-0.25, -0.2) is 0 Å². The van der Waals surface area contributed by atoms with Gasteiger partial charge < -0.3 is 9.84 Å². The molecule has 0 aromatic heterocycles. The smallest absolute Gasteiger partial charge is 0.318 e. The number of carbonyl (C=O) groups excluding carboxylic acids is 1. The maximum Gasteiger partial charge on any atom is 0.318 e. The molecule has 0 saturated carbocycles. The molecule has 0 unspecified atom stereocenters. The second-order valence-electron chi connectivity index (χ2n) is 6.05. The van der Waals surface area contributed by atoms with E-state index in [9.17, 15) is 9.90 Å². The first-order valence-corrected chi connectivity index (χ1v) is 7.20. The normalized spacial score (nSPS) is 29.9. The van der Waals surface area contributed by atoms with Gasteiger partial charge in [0.25, 0.3) is 0 Å². The molecule has 2 aromatic carbocycles. The Morgan fingerprint density at radius 3 is 2.71 bits per heavy atom. The highest BCUT2D eigenvalue weighted by molar-refractivity contribution is 5.81. The van der Waals surface area contributed by atoms with Crippen molar-refractivity contribution in [2.45, 2.75) is 24.9 Å². The Morgan fingerprint density at radius 2 is 1.86 bits per heavy atom. The topological polar surface area (TPSA) is 46.5 Å². The first-order valence-electron chi connectivity index (χ1n) is 7.20. The largest absolute Gasteiger partial charge is 0.426 e. The highest BCUT2D eigenvalue weighted by Gasteiger charge is 2.52. The van der Waals surface area contributed by atoms with Gasteiger partial charge in [0, 0.05) is 5.92 Å². The number of fused-ring (bicyclic) bond motifs is 4. The number of hydrogen-bond donors (Lipinski definition) is 1. The Morgan fingerprint density at radius 1 is 1.14 bits per heavy atom. The fourth-order valence-corrected chi connectivity index (χ4v) is 3.84. The fraction of sp³-hybridized carbons (Fsp3) is 0.278. The summed E-state index contributed by atoms with van der Waals surface area (Å²) in [5, 5.41) is 11.0. The van der Waals surface area contributed by atoms with Gasteiger partial charge in [-0.3, -0.25) is 4.79 Å². The Bertz CT molecular complexity index is 733. The lowest BCUT2D eigenvalue weighted by molar-refractivity contribution is -0.154. The minimum absolute atomic E-state index is 0.0349. The summed E-state index contributed by atoms with van der Waals surface area (Å²) in [6, 6.07) is 15.4. The molecular formula is C18H16O3. The van der Waals surface area contributed by atoms with Crippen LogP contribution in [-0.2, 0) is 16.8 Å². The number of benzene rings is 2. The van der Waals surface area contributed by atoms with Gasteiger partial charge in [-0.15, -0.1) is 0 Å². The highest BCUT2D eigenvalue weighted by Crippen LogP contribution is 2.51. The van der Waals surface area contributed by atoms with E-state index in [4.69, 9.17) is 4.74 Å². The van der Waals surface area contributed by atoms with Gasteiger partial charge in [0.1, 0.15) is 11.4 Å². The van der Waals surface area contributed by atoms with E-state index in [2.05, 4.69) is 0 Å². The van der Waals surface area contributed by atoms with E-state index >= 15 is 0 Å². The first kappa shape index (κ1) is 12.6. The quantitative estimate of drug-likeness (QED) is 0.596. The molecule has 0 amide bonds. The number of ether oxygens (including phenoxy) is 1. The maximum atomic E-state index is 12.4. The average Bonchev–Trinajstić information content (AvgIpc) is 2.47. The lowest BCUT2D eigenvalue weighted by Crippen LogP contribution is -2.49. The second kappa shape index (κ2) is 4.18. The predicted molar refractivity (Wildman–Crippen MR) is 78.0 cm³/mol. The minimum atomic E-state index is -1.20. The van der Waals surface area contributed by atoms with E-state index in [1.54, 1.807) is 6.92 Å². The molecule has 1 N–H and O–H groups in total. The van der Waals surface area contributed by atoms with Crippen molar-refractivity contribution in [2.24, 2.45) is 5.92 Å². The first-order chi connectivity index (χ1) is 10.1. The summed E-state index contributed by atoms with van der Waals surface area (Å²) in [5.74, 6) is -0.299. The van der Waals surface area contributed by atoms with Crippen molar-refractivity contribution >= 4 is 5.97 Å². The van der Waals surface area contributed by atoms with Crippen molar-refractivity contribution in [1.29, 1.82) is 0 Å². The van der Waals surface area contributed by atoms with E-state index in [-0.39, 0.29) is 11.9 Å². The van der Waals surface area contributed by atoms with Crippen molar-refractivity contribution < 1.29 is 14.6 Å². The summed E-state index contributed by atoms with van der Waals surface area (Å²) in [6.07, 6.45) is 0.753. The van der Waals surface area contributed by atoms with Crippen LogP contribution in [-0.4, -0.2) is 11.1 Å². The number of esters is 1. The van der Waals surface area contributed by atoms with Crippen LogP contribution in [0.4, 0.5) is 0 Å². The molecule has 2 aliphatic rings. The zero-order valence-corrected chi connectivity index (χ0v) is 11.7. The molecule has 4 rings (SSSR count). The van der Waals surface area contributed by atoms with E-state index in [0.717, 1.165) is 23.1 Å². The summed E-state index contributed by atoms with van der Waals surface area (Å²) in [7, 11) is 0. The van der Waals surface area contributed by atoms with Crippen LogP contribution in [0.1, 0.15) is 29.5 Å². The monoisotopic (exact) mass is 280 g/mol. The van der Waals surface area contributed by atoms with Crippen LogP contribution >= 0.6 is 0 Å². The van der Waals surface area contributed by atoms with Crippen molar-refractivity contribution in [3.05, 3.63) is 65.2 Å². The van der Waals surface area contributed by atoms with Gasteiger partial charge in [-0.1, -0.05) is 42.5 Å². The Kier molecular flexibility index (Phi) is 2.51. The number of hydrogen-bond acceptors (Lipinski definition) is 3. The molecule has 3 atom stereocenters. The molecule has 1 heterocycles. The Hall–Kier alpha value is -2.13. The van der Waals surface area contributed by atoms with Crippen molar-refractivity contribution in [3.8, 4) is 5.75 Å². The molecule has 2 aromatic rings. The van der Waals surface area contributed by atoms with Gasteiger partial charge in [0.2, 0.25) is 0 Å². The molecule has 0 fully saturated rings. The number of rotatable bonds is 0. The van der Waals surface area contributed by atoms with Gasteiger partial charge in [0.15, 0.2) is 0 Å². The molecule has 106 valence electrons. The second-order valence-corrected chi connectivity index (χ2v) is 6.05. The molecule has 1 aliphatic carbocycles. The van der Waals surface area contributed by atoms with Crippen LogP contribution < -0.4 is 4.74 Å². The summed E-state index contributed by atoms with van der Waals surface area (Å²) in [5.41, 5.74) is 1.75. The summed E-state index contributed by atoms with van der Waals surface area (Å²) >= 11 is 0. The molecule has 1 aliphatic heterocycles. The van der Waals surface area contributed by atoms with Gasteiger partial charge in [-0.05, 0) is 36.1 Å². The van der Waals surface area contributed by atoms with E-state index in [1.165, 1.54) is 0 Å². The molecule has 3 heteroatoms. The highest BCUT2D eigenvalue weighted by atomic mass is 16.5. The number of aliphatic hydroxyl groups is 1. The Balaban J connectivity index is 1.94. The van der Waals surface area contributed by atoms with Crippen molar-refractivity contribution in [1.82, 2.24) is 0 Å². The number of para-hydroxylation sites is 1. The zero-order valence-electron chi connectivity index (χ0n) is 11.7. The SMILES string of the molecule is C[C@@]1(O)c2ccccc2C[C@@H]2c3ccccc3OC(=O)[C@@H]21. The fourth-order valence-electron chi connectivity index (χ4n) is 3.84. The van der Waals surface area contributed by atoms with Gasteiger partial charge in [-0.2, -0.15) is 0 Å². The number of carbonyl (C=O) groups is 1. The molecule has 0 saturated heterocycles. The summed E-state index contributed by atoms with van der Waals surface area (Å²) in [4.78, 5) is 12.4. The van der Waals surface area contributed by atoms with E-state index in [0.29, 0.717) is 5.75 Å². The molecule has 21 heavy (non-hydrogen) atoms. The molecule has 0 radical (unpaired) electrons. The molecule has 0 spiro atoms. The standard InChI is InChI=1S/C18H16O3/c1-18(20)14-8-4-2-6-11(14)10-13-12-7-3-5-9-15(12)21-17(19)16(13)18/h2-9,13,16,20H,10H2,1H3/t13-,16-,18-/m1/s1. The third-order valence-electron chi connectivity index (χ3n) is 4.79. The lowest BCUT2D eigenvalue weighted by Gasteiger charge is -2.45. The van der Waals surface area contributed by atoms with E-state index in [1.807, 2.05) is 48.5 Å². The minimum Gasteiger partial charge on any atom is -0.426 e. The predicted octanol–water partition coefficient (Wildman–Crippen LogP) is 2.77. The van der Waals surface area contributed by atoms with Crippen LogP contribution in [0.15, 0.2) is 48.5 Å². The average molecular weight is 280 g/mol. The van der Waals surface area contributed by atoms with Crippen LogP contribution in [0, 0.1) is 5.92 Å². The van der Waals surface area contributed by atoms with Gasteiger partial charge in [0.05, 0.1) is 5.92 Å². The lowest BCUT2D eigenvalue weighted by atomic mass is 9.64. The third-order valence-corrected chi connectivity index (χ3v) is 4.79. The van der Waals surface area contributed by atoms with Crippen LogP contribution in [0.5, 0.6) is 5.75 Å². The van der Waals surface area contributed by atoms with Crippen molar-refractivity contribution in [3.63, 3.8) is 0 Å². The van der Waals surface area contributed by atoms with Crippen LogP contribution in [0.25, 0.3) is 0 Å². The Labute approximate surface area is 123 Å². The summed E-state index contributed by atoms with van der Waals surface area (Å²) < 4.78 is 5.45. The molecular weight excluding hydrogens is 264 g/mol. The third kappa shape index (κ3) is 1.67. The van der Waals surface area contributed by atoms with Crippen LogP contribution in [0.2, 0.25) is 0 Å². The maximum absolute atomic E-state index is 12.4. The van der Waals surface area contributed by atoms with Crippen LogP contribution in [0.3, 0.4) is 0 Å². The molecule has 3 nitrogen and oxygen atoms in total.